The van der Waals surface area contributed by atoms with Crippen LogP contribution in [0, 0.1) is 12.7 Å². The van der Waals surface area contributed by atoms with E-state index in [9.17, 15) is 9.18 Å². The van der Waals surface area contributed by atoms with Crippen molar-refractivity contribution in [3.05, 3.63) is 29.1 Å². The van der Waals surface area contributed by atoms with E-state index in [-0.39, 0.29) is 11.3 Å². The highest BCUT2D eigenvalue weighted by atomic mass is 19.1. The van der Waals surface area contributed by atoms with Crippen molar-refractivity contribution in [3.63, 3.8) is 0 Å². The van der Waals surface area contributed by atoms with E-state index >= 15 is 0 Å². The summed E-state index contributed by atoms with van der Waals surface area (Å²) in [5.41, 5.74) is 5.05. The molecule has 0 aromatic heterocycles. The summed E-state index contributed by atoms with van der Waals surface area (Å²) >= 11 is 0. The topological polar surface area (TPSA) is 63.3 Å². The number of carboxylic acid groups (broad SMARTS) is 1. The molecule has 0 unspecified atom stereocenters. The minimum atomic E-state index is -1.34. The number of nitrogen functional groups attached to an aromatic ring is 1. The summed E-state index contributed by atoms with van der Waals surface area (Å²) in [5, 5.41) is 8.55. The standard InChI is InChI=1S/C8H8FNO2/c1-4-2-3-5(10)6(7(4)9)8(11)12/h2-3H,10H2,1H3,(H,11,12). The maximum atomic E-state index is 13.1. The van der Waals surface area contributed by atoms with E-state index < -0.39 is 17.3 Å². The van der Waals surface area contributed by atoms with E-state index in [1.807, 2.05) is 0 Å². The van der Waals surface area contributed by atoms with Crippen molar-refractivity contribution in [2.45, 2.75) is 6.92 Å². The molecule has 0 amide bonds. The Labute approximate surface area is 68.6 Å². The van der Waals surface area contributed by atoms with Crippen molar-refractivity contribution < 1.29 is 14.3 Å². The molecular weight excluding hydrogens is 161 g/mol. The van der Waals surface area contributed by atoms with E-state index in [0.717, 1.165) is 0 Å². The van der Waals surface area contributed by atoms with Crippen LogP contribution in [0.15, 0.2) is 12.1 Å². The second kappa shape index (κ2) is 2.81. The maximum Gasteiger partial charge on any atom is 0.340 e. The van der Waals surface area contributed by atoms with Crippen molar-refractivity contribution in [2.75, 3.05) is 5.73 Å². The average Bonchev–Trinajstić information content (AvgIpc) is 1.97. The Morgan fingerprint density at radius 3 is 2.58 bits per heavy atom. The van der Waals surface area contributed by atoms with Gasteiger partial charge in [0, 0.05) is 5.69 Å². The molecule has 0 saturated heterocycles. The van der Waals surface area contributed by atoms with E-state index in [2.05, 4.69) is 0 Å². The van der Waals surface area contributed by atoms with Crippen LogP contribution in [0.5, 0.6) is 0 Å². The third kappa shape index (κ3) is 1.23. The number of nitrogens with two attached hydrogens (primary N) is 1. The minimum Gasteiger partial charge on any atom is -0.478 e. The van der Waals surface area contributed by atoms with Crippen LogP contribution in [-0.2, 0) is 0 Å². The van der Waals surface area contributed by atoms with Crippen LogP contribution in [0.2, 0.25) is 0 Å². The summed E-state index contributed by atoms with van der Waals surface area (Å²) in [4.78, 5) is 10.5. The number of carboxylic acids is 1. The lowest BCUT2D eigenvalue weighted by Gasteiger charge is -2.03. The Hall–Kier alpha value is -1.58. The van der Waals surface area contributed by atoms with Gasteiger partial charge < -0.3 is 10.8 Å². The first-order valence-electron chi connectivity index (χ1n) is 3.32. The lowest BCUT2D eigenvalue weighted by molar-refractivity contribution is 0.0693. The lowest BCUT2D eigenvalue weighted by atomic mass is 10.1. The number of hydrogen-bond acceptors (Lipinski definition) is 2. The normalized spacial score (nSPS) is 9.83. The highest BCUT2D eigenvalue weighted by Crippen LogP contribution is 2.18. The fourth-order valence-electron chi connectivity index (χ4n) is 0.913. The third-order valence-corrected chi connectivity index (χ3v) is 1.58. The first kappa shape index (κ1) is 8.52. The molecule has 0 fully saturated rings. The molecule has 1 aromatic carbocycles. The molecule has 64 valence electrons. The smallest absolute Gasteiger partial charge is 0.340 e. The first-order valence-corrected chi connectivity index (χ1v) is 3.32. The van der Waals surface area contributed by atoms with Gasteiger partial charge in [-0.1, -0.05) is 6.07 Å². The second-order valence-corrected chi connectivity index (χ2v) is 2.47. The molecule has 0 radical (unpaired) electrons. The Balaban J connectivity index is 3.43. The predicted molar refractivity (Wildman–Crippen MR) is 42.5 cm³/mol. The maximum absolute atomic E-state index is 13.1. The van der Waals surface area contributed by atoms with Gasteiger partial charge >= 0.3 is 5.97 Å². The highest BCUT2D eigenvalue weighted by molar-refractivity contribution is 5.94. The number of carbonyl (C=O) groups is 1. The molecule has 0 aliphatic carbocycles. The van der Waals surface area contributed by atoms with E-state index in [1.54, 1.807) is 0 Å². The molecule has 0 saturated carbocycles. The van der Waals surface area contributed by atoms with Crippen LogP contribution in [-0.4, -0.2) is 11.1 Å². The summed E-state index contributed by atoms with van der Waals surface area (Å²) in [5.74, 6) is -2.10. The van der Waals surface area contributed by atoms with Gasteiger partial charge in [-0.05, 0) is 18.6 Å². The van der Waals surface area contributed by atoms with Gasteiger partial charge in [-0.25, -0.2) is 9.18 Å². The van der Waals surface area contributed by atoms with Gasteiger partial charge in [-0.3, -0.25) is 0 Å². The van der Waals surface area contributed by atoms with Crippen LogP contribution < -0.4 is 5.73 Å². The van der Waals surface area contributed by atoms with Gasteiger partial charge in [0.15, 0.2) is 0 Å². The number of benzene rings is 1. The zero-order valence-electron chi connectivity index (χ0n) is 6.47. The summed E-state index contributed by atoms with van der Waals surface area (Å²) < 4.78 is 13.1. The Kier molecular flexibility index (Phi) is 1.99. The summed E-state index contributed by atoms with van der Waals surface area (Å²) in [6.45, 7) is 1.49. The average molecular weight is 169 g/mol. The molecule has 3 N–H and O–H groups in total. The van der Waals surface area contributed by atoms with Crippen molar-refractivity contribution in [3.8, 4) is 0 Å². The first-order chi connectivity index (χ1) is 5.54. The van der Waals surface area contributed by atoms with Crippen molar-refractivity contribution in [1.82, 2.24) is 0 Å². The van der Waals surface area contributed by atoms with E-state index in [4.69, 9.17) is 10.8 Å². The zero-order chi connectivity index (χ0) is 9.30. The van der Waals surface area contributed by atoms with Gasteiger partial charge in [0.1, 0.15) is 11.4 Å². The highest BCUT2D eigenvalue weighted by Gasteiger charge is 2.15. The summed E-state index contributed by atoms with van der Waals surface area (Å²) in [7, 11) is 0. The summed E-state index contributed by atoms with van der Waals surface area (Å²) in [6, 6.07) is 2.82. The Morgan fingerprint density at radius 2 is 2.17 bits per heavy atom. The molecule has 0 spiro atoms. The number of aryl methyl sites for hydroxylation is 1. The lowest BCUT2D eigenvalue weighted by Crippen LogP contribution is -2.06. The Bertz CT molecular complexity index is 336. The van der Waals surface area contributed by atoms with Gasteiger partial charge in [0.05, 0.1) is 0 Å². The SMILES string of the molecule is Cc1ccc(N)c(C(=O)O)c1F. The quantitative estimate of drug-likeness (QED) is 0.625. The van der Waals surface area contributed by atoms with Gasteiger partial charge in [0.2, 0.25) is 0 Å². The number of aromatic carboxylic acids is 1. The van der Waals surface area contributed by atoms with Gasteiger partial charge in [-0.2, -0.15) is 0 Å². The third-order valence-electron chi connectivity index (χ3n) is 1.58. The molecule has 0 aliphatic rings. The van der Waals surface area contributed by atoms with Crippen molar-refractivity contribution in [2.24, 2.45) is 0 Å². The molecule has 1 aromatic rings. The summed E-state index contributed by atoms with van der Waals surface area (Å²) in [6.07, 6.45) is 0. The van der Waals surface area contributed by atoms with E-state index in [1.165, 1.54) is 19.1 Å². The fourth-order valence-corrected chi connectivity index (χ4v) is 0.913. The zero-order valence-corrected chi connectivity index (χ0v) is 6.47. The largest absolute Gasteiger partial charge is 0.478 e. The van der Waals surface area contributed by atoms with Crippen molar-refractivity contribution in [1.29, 1.82) is 0 Å². The molecule has 4 heteroatoms. The van der Waals surface area contributed by atoms with E-state index in [0.29, 0.717) is 0 Å². The van der Waals surface area contributed by atoms with Crippen molar-refractivity contribution >= 4 is 11.7 Å². The molecule has 0 atom stereocenters. The van der Waals surface area contributed by atoms with Crippen LogP contribution in [0.1, 0.15) is 15.9 Å². The molecule has 3 nitrogen and oxygen atoms in total. The van der Waals surface area contributed by atoms with Crippen LogP contribution >= 0.6 is 0 Å². The molecule has 1 rings (SSSR count). The van der Waals surface area contributed by atoms with Crippen LogP contribution in [0.3, 0.4) is 0 Å². The van der Waals surface area contributed by atoms with Crippen LogP contribution in [0.25, 0.3) is 0 Å². The van der Waals surface area contributed by atoms with Gasteiger partial charge in [-0.15, -0.1) is 0 Å². The molecule has 12 heavy (non-hydrogen) atoms. The fraction of sp³-hybridized carbons (Fsp3) is 0.125. The number of rotatable bonds is 1. The van der Waals surface area contributed by atoms with Gasteiger partial charge in [0.25, 0.3) is 0 Å². The monoisotopic (exact) mass is 169 g/mol. The number of halogens is 1. The molecule has 0 heterocycles. The molecule has 0 bridgehead atoms. The molecule has 0 aliphatic heterocycles. The number of hydrogen-bond donors (Lipinski definition) is 2. The minimum absolute atomic E-state index is 0.0504. The second-order valence-electron chi connectivity index (χ2n) is 2.47. The van der Waals surface area contributed by atoms with Crippen LogP contribution in [0.4, 0.5) is 10.1 Å². The number of anilines is 1. The predicted octanol–water partition coefficient (Wildman–Crippen LogP) is 1.41. The Morgan fingerprint density at radius 1 is 1.58 bits per heavy atom. The molecular formula is C8H8FNO2.